The molecule has 1 aliphatic carbocycles. The number of rotatable bonds is 3. The summed E-state index contributed by atoms with van der Waals surface area (Å²) in [6.07, 6.45) is 1.01. The van der Waals surface area contributed by atoms with Crippen molar-refractivity contribution >= 4 is 11.7 Å². The van der Waals surface area contributed by atoms with E-state index in [4.69, 9.17) is 4.52 Å². The van der Waals surface area contributed by atoms with Crippen LogP contribution in [0.15, 0.2) is 64.3 Å². The van der Waals surface area contributed by atoms with Gasteiger partial charge < -0.3 is 14.9 Å². The highest BCUT2D eigenvalue weighted by molar-refractivity contribution is 6.01. The minimum absolute atomic E-state index is 0.0746. The number of phenols is 1. The van der Waals surface area contributed by atoms with Crippen molar-refractivity contribution in [3.05, 3.63) is 87.7 Å². The Morgan fingerprint density at radius 1 is 1.10 bits per heavy atom. The summed E-state index contributed by atoms with van der Waals surface area (Å²) in [7, 11) is 0. The van der Waals surface area contributed by atoms with E-state index >= 15 is 0 Å². The molecule has 2 atom stereocenters. The number of nitrogens with zero attached hydrogens (tertiary/aromatic N) is 1. The number of hydrogen-bond donors (Lipinski definition) is 2. The van der Waals surface area contributed by atoms with Gasteiger partial charge in [-0.25, -0.2) is 0 Å². The van der Waals surface area contributed by atoms with E-state index in [9.17, 15) is 9.90 Å². The van der Waals surface area contributed by atoms with Gasteiger partial charge in [0.05, 0.1) is 11.3 Å². The van der Waals surface area contributed by atoms with Gasteiger partial charge in [-0.1, -0.05) is 61.5 Å². The minimum Gasteiger partial charge on any atom is -0.508 e. The quantitative estimate of drug-likeness (QED) is 0.569. The van der Waals surface area contributed by atoms with Crippen LogP contribution in [0.4, 0.5) is 5.88 Å². The predicted molar refractivity (Wildman–Crippen MR) is 119 cm³/mol. The second kappa shape index (κ2) is 7.41. The molecule has 0 spiro atoms. The number of para-hydroxylation sites is 1. The molecule has 5 heteroatoms. The number of fused-ring (bicyclic) bond motifs is 1. The van der Waals surface area contributed by atoms with E-state index in [-0.39, 0.29) is 23.4 Å². The Morgan fingerprint density at radius 2 is 1.84 bits per heavy atom. The van der Waals surface area contributed by atoms with Crippen molar-refractivity contribution < 1.29 is 14.4 Å². The summed E-state index contributed by atoms with van der Waals surface area (Å²) in [4.78, 5) is 13.5. The molecule has 2 N–H and O–H groups in total. The number of carbonyl (C=O) groups is 1. The second-order valence-electron chi connectivity index (χ2n) is 8.87. The highest BCUT2D eigenvalue weighted by atomic mass is 16.5. The molecule has 31 heavy (non-hydrogen) atoms. The summed E-state index contributed by atoms with van der Waals surface area (Å²) in [5.74, 6) is 1.12. The lowest BCUT2D eigenvalue weighted by Crippen LogP contribution is -2.29. The first-order valence-corrected chi connectivity index (χ1v) is 10.8. The van der Waals surface area contributed by atoms with E-state index in [0.717, 1.165) is 33.7 Å². The molecule has 5 nitrogen and oxygen atoms in total. The molecule has 0 bridgehead atoms. The SMILES string of the molecule is Cc1noc2c1[C@H](c1ccc(C(C)C)cc1)C1=C(C[C@@H](c3ccccc3O)CC1=O)N2. The van der Waals surface area contributed by atoms with E-state index in [1.807, 2.05) is 19.1 Å². The van der Waals surface area contributed by atoms with Gasteiger partial charge in [-0.3, -0.25) is 4.79 Å². The van der Waals surface area contributed by atoms with E-state index in [2.05, 4.69) is 48.6 Å². The minimum atomic E-state index is -0.198. The maximum absolute atomic E-state index is 13.5. The zero-order valence-corrected chi connectivity index (χ0v) is 18.0. The summed E-state index contributed by atoms with van der Waals surface area (Å²) in [6, 6.07) is 15.8. The summed E-state index contributed by atoms with van der Waals surface area (Å²) in [5.41, 5.74) is 6.53. The average molecular weight is 415 g/mol. The molecule has 2 heterocycles. The first-order chi connectivity index (χ1) is 14.9. The molecule has 2 aromatic carbocycles. The van der Waals surface area contributed by atoms with Crippen LogP contribution < -0.4 is 5.32 Å². The molecule has 0 unspecified atom stereocenters. The highest BCUT2D eigenvalue weighted by Crippen LogP contribution is 2.49. The van der Waals surface area contributed by atoms with Crippen LogP contribution in [0.1, 0.15) is 72.4 Å². The molecule has 158 valence electrons. The standard InChI is InChI=1S/C26H26N2O3/c1-14(2)16-8-10-17(11-9-16)24-23-15(3)28-31-26(23)27-20-12-18(13-22(30)25(20)24)19-6-4-5-7-21(19)29/h4-11,14,18,24,27,29H,12-13H2,1-3H3/t18-,24+/m1/s1. The van der Waals surface area contributed by atoms with Crippen LogP contribution in [-0.2, 0) is 4.79 Å². The number of ketones is 1. The molecule has 0 radical (unpaired) electrons. The van der Waals surface area contributed by atoms with Gasteiger partial charge in [-0.2, -0.15) is 0 Å². The smallest absolute Gasteiger partial charge is 0.233 e. The Hall–Kier alpha value is -3.34. The third kappa shape index (κ3) is 3.25. The molecule has 5 rings (SSSR count). The van der Waals surface area contributed by atoms with E-state index < -0.39 is 0 Å². The van der Waals surface area contributed by atoms with Crippen molar-refractivity contribution in [2.24, 2.45) is 0 Å². The Bertz CT molecular complexity index is 1190. The maximum atomic E-state index is 13.5. The van der Waals surface area contributed by atoms with Crippen molar-refractivity contribution in [1.29, 1.82) is 0 Å². The number of anilines is 1. The monoisotopic (exact) mass is 414 g/mol. The number of allylic oxidation sites excluding steroid dienone is 2. The summed E-state index contributed by atoms with van der Waals surface area (Å²) in [6.45, 7) is 6.27. The number of benzene rings is 2. The lowest BCUT2D eigenvalue weighted by Gasteiger charge is -2.34. The molecule has 3 aromatic rings. The van der Waals surface area contributed by atoms with Crippen LogP contribution in [0.2, 0.25) is 0 Å². The first-order valence-electron chi connectivity index (χ1n) is 10.8. The fourth-order valence-electron chi connectivity index (χ4n) is 4.93. The van der Waals surface area contributed by atoms with Gasteiger partial charge in [0.1, 0.15) is 5.75 Å². The molecule has 2 aliphatic rings. The molecular formula is C26H26N2O3. The van der Waals surface area contributed by atoms with Gasteiger partial charge in [-0.05, 0) is 42.0 Å². The number of carbonyl (C=O) groups excluding carboxylic acids is 1. The van der Waals surface area contributed by atoms with Gasteiger partial charge in [0.25, 0.3) is 0 Å². The number of aromatic hydroxyl groups is 1. The fourth-order valence-corrected chi connectivity index (χ4v) is 4.93. The Labute approximate surface area is 181 Å². The van der Waals surface area contributed by atoms with E-state index in [0.29, 0.717) is 24.6 Å². The van der Waals surface area contributed by atoms with Crippen molar-refractivity contribution in [3.8, 4) is 5.75 Å². The van der Waals surface area contributed by atoms with Gasteiger partial charge in [0, 0.05) is 29.5 Å². The molecule has 0 fully saturated rings. The highest BCUT2D eigenvalue weighted by Gasteiger charge is 2.41. The van der Waals surface area contributed by atoms with Crippen LogP contribution >= 0.6 is 0 Å². The zero-order valence-electron chi connectivity index (χ0n) is 18.0. The topological polar surface area (TPSA) is 75.4 Å². The number of hydrogen-bond acceptors (Lipinski definition) is 5. The Morgan fingerprint density at radius 3 is 2.55 bits per heavy atom. The van der Waals surface area contributed by atoms with Crippen molar-refractivity contribution in [2.75, 3.05) is 5.32 Å². The van der Waals surface area contributed by atoms with Crippen LogP contribution in [0.5, 0.6) is 5.75 Å². The van der Waals surface area contributed by atoms with E-state index in [1.165, 1.54) is 5.56 Å². The number of aromatic nitrogens is 1. The van der Waals surface area contributed by atoms with Crippen LogP contribution in [-0.4, -0.2) is 16.0 Å². The lowest BCUT2D eigenvalue weighted by molar-refractivity contribution is -0.116. The van der Waals surface area contributed by atoms with Crippen molar-refractivity contribution in [2.45, 2.75) is 51.4 Å². The molecule has 1 aliphatic heterocycles. The Balaban J connectivity index is 1.61. The maximum Gasteiger partial charge on any atom is 0.233 e. The van der Waals surface area contributed by atoms with Gasteiger partial charge >= 0.3 is 0 Å². The normalized spacial score (nSPS) is 20.5. The molecular weight excluding hydrogens is 388 g/mol. The zero-order chi connectivity index (χ0) is 21.7. The molecule has 0 saturated heterocycles. The number of Topliss-reactive ketones (excluding diaryl/α,β-unsaturated/α-hetero) is 1. The number of nitrogens with one attached hydrogen (secondary N) is 1. The number of phenolic OH excluding ortho intramolecular Hbond substituents is 1. The lowest BCUT2D eigenvalue weighted by atomic mass is 9.72. The molecule has 0 saturated carbocycles. The molecule has 1 aromatic heterocycles. The van der Waals surface area contributed by atoms with Gasteiger partial charge in [0.15, 0.2) is 5.78 Å². The number of aryl methyl sites for hydroxylation is 1. The average Bonchev–Trinajstić information content (AvgIpc) is 3.13. The van der Waals surface area contributed by atoms with Crippen LogP contribution in [0.3, 0.4) is 0 Å². The Kier molecular flexibility index (Phi) is 4.69. The second-order valence-corrected chi connectivity index (χ2v) is 8.87. The van der Waals surface area contributed by atoms with Gasteiger partial charge in [-0.15, -0.1) is 0 Å². The van der Waals surface area contributed by atoms with Crippen LogP contribution in [0, 0.1) is 6.92 Å². The van der Waals surface area contributed by atoms with Crippen molar-refractivity contribution in [3.63, 3.8) is 0 Å². The summed E-state index contributed by atoms with van der Waals surface area (Å²) in [5, 5.41) is 17.9. The van der Waals surface area contributed by atoms with E-state index in [1.54, 1.807) is 12.1 Å². The predicted octanol–water partition coefficient (Wildman–Crippen LogP) is 5.77. The summed E-state index contributed by atoms with van der Waals surface area (Å²) >= 11 is 0. The molecule has 0 amide bonds. The summed E-state index contributed by atoms with van der Waals surface area (Å²) < 4.78 is 5.59. The first kappa shape index (κ1) is 19.6. The fraction of sp³-hybridized carbons (Fsp3) is 0.308. The third-order valence-corrected chi connectivity index (χ3v) is 6.57. The van der Waals surface area contributed by atoms with Crippen LogP contribution in [0.25, 0.3) is 0 Å². The third-order valence-electron chi connectivity index (χ3n) is 6.57. The van der Waals surface area contributed by atoms with Gasteiger partial charge in [0.2, 0.25) is 5.88 Å². The largest absolute Gasteiger partial charge is 0.508 e. The van der Waals surface area contributed by atoms with Crippen molar-refractivity contribution in [1.82, 2.24) is 5.16 Å².